The van der Waals surface area contributed by atoms with Crippen LogP contribution in [0.25, 0.3) is 11.4 Å². The van der Waals surface area contributed by atoms with Crippen LogP contribution >= 0.6 is 0 Å². The number of rotatable bonds is 4. The first-order valence-electron chi connectivity index (χ1n) is 6.18. The molecule has 0 aliphatic carbocycles. The van der Waals surface area contributed by atoms with E-state index in [0.717, 1.165) is 18.6 Å². The van der Waals surface area contributed by atoms with Gasteiger partial charge in [-0.25, -0.2) is 0 Å². The Hall–Kier alpha value is -1.89. The Morgan fingerprint density at radius 1 is 1.25 bits per heavy atom. The van der Waals surface area contributed by atoms with Crippen molar-refractivity contribution in [2.75, 3.05) is 0 Å². The Morgan fingerprint density at radius 3 is 2.60 bits per heavy atom. The second-order valence-electron chi connectivity index (χ2n) is 4.33. The van der Waals surface area contributed by atoms with Gasteiger partial charge in [-0.3, -0.25) is 0 Å². The molecule has 0 unspecified atom stereocenters. The van der Waals surface area contributed by atoms with Gasteiger partial charge in [-0.15, -0.1) is 10.2 Å². The molecule has 2 aromatic rings. The van der Waals surface area contributed by atoms with Crippen molar-refractivity contribution in [1.29, 1.82) is 0 Å². The summed E-state index contributed by atoms with van der Waals surface area (Å²) in [6.45, 7) is 2.16. The highest BCUT2D eigenvalue weighted by Crippen LogP contribution is 2.31. The quantitative estimate of drug-likeness (QED) is 0.939. The summed E-state index contributed by atoms with van der Waals surface area (Å²) in [5.41, 5.74) is -0.396. The Kier molecular flexibility index (Phi) is 4.08. The number of benzene rings is 1. The second kappa shape index (κ2) is 5.62. The maximum absolute atomic E-state index is 12.7. The van der Waals surface area contributed by atoms with Crippen LogP contribution in [0, 0.1) is 0 Å². The molecule has 1 aromatic heterocycles. The fraction of sp³-hybridized carbons (Fsp3) is 0.385. The van der Waals surface area contributed by atoms with Gasteiger partial charge in [0.2, 0.25) is 0 Å². The average Bonchev–Trinajstić information content (AvgIpc) is 2.81. The van der Waals surface area contributed by atoms with Gasteiger partial charge >= 0.3 is 6.18 Å². The SMILES string of the molecule is CCCn1c(CO)nnc1-c1cccc(C(F)(F)F)c1. The van der Waals surface area contributed by atoms with Gasteiger partial charge < -0.3 is 9.67 Å². The van der Waals surface area contributed by atoms with Gasteiger partial charge in [0.1, 0.15) is 6.61 Å². The first-order valence-corrected chi connectivity index (χ1v) is 6.18. The fourth-order valence-electron chi connectivity index (χ4n) is 1.96. The topological polar surface area (TPSA) is 50.9 Å². The summed E-state index contributed by atoms with van der Waals surface area (Å²) in [5.74, 6) is 0.682. The largest absolute Gasteiger partial charge is 0.416 e. The van der Waals surface area contributed by atoms with Crippen LogP contribution in [-0.4, -0.2) is 19.9 Å². The van der Waals surface area contributed by atoms with E-state index in [1.807, 2.05) is 6.92 Å². The lowest BCUT2D eigenvalue weighted by Gasteiger charge is -2.10. The minimum atomic E-state index is -4.40. The lowest BCUT2D eigenvalue weighted by Crippen LogP contribution is -2.07. The van der Waals surface area contributed by atoms with Crippen LogP contribution in [0.15, 0.2) is 24.3 Å². The van der Waals surface area contributed by atoms with Crippen LogP contribution < -0.4 is 0 Å². The average molecular weight is 285 g/mol. The minimum Gasteiger partial charge on any atom is -0.388 e. The number of nitrogens with zero attached hydrogens (tertiary/aromatic N) is 3. The summed E-state index contributed by atoms with van der Waals surface area (Å²) in [4.78, 5) is 0. The predicted molar refractivity (Wildman–Crippen MR) is 66.7 cm³/mol. The number of aliphatic hydroxyl groups excluding tert-OH is 1. The van der Waals surface area contributed by atoms with E-state index >= 15 is 0 Å². The maximum Gasteiger partial charge on any atom is 0.416 e. The molecule has 108 valence electrons. The standard InChI is InChI=1S/C13H14F3N3O/c1-2-6-19-11(8-20)17-18-12(19)9-4-3-5-10(7-9)13(14,15)16/h3-5,7,20H,2,6,8H2,1H3. The van der Waals surface area contributed by atoms with Crippen molar-refractivity contribution in [3.63, 3.8) is 0 Å². The van der Waals surface area contributed by atoms with Crippen molar-refractivity contribution in [2.24, 2.45) is 0 Å². The highest BCUT2D eigenvalue weighted by Gasteiger charge is 2.30. The predicted octanol–water partition coefficient (Wildman–Crippen LogP) is 2.87. The monoisotopic (exact) mass is 285 g/mol. The molecule has 1 N–H and O–H groups in total. The number of hydrogen-bond donors (Lipinski definition) is 1. The molecule has 0 aliphatic rings. The molecular formula is C13H14F3N3O. The van der Waals surface area contributed by atoms with Crippen molar-refractivity contribution in [2.45, 2.75) is 32.7 Å². The summed E-state index contributed by atoms with van der Waals surface area (Å²) in [7, 11) is 0. The van der Waals surface area contributed by atoms with Crippen LogP contribution in [0.4, 0.5) is 13.2 Å². The van der Waals surface area contributed by atoms with Gasteiger partial charge in [-0.2, -0.15) is 13.2 Å². The van der Waals surface area contributed by atoms with E-state index < -0.39 is 11.7 Å². The molecule has 0 saturated heterocycles. The van der Waals surface area contributed by atoms with Gasteiger partial charge in [0.05, 0.1) is 5.56 Å². The van der Waals surface area contributed by atoms with Crippen molar-refractivity contribution in [1.82, 2.24) is 14.8 Å². The molecule has 1 aromatic carbocycles. The molecule has 7 heteroatoms. The Labute approximate surface area is 113 Å². The van der Waals surface area contributed by atoms with E-state index in [1.165, 1.54) is 6.07 Å². The normalized spacial score (nSPS) is 11.8. The highest BCUT2D eigenvalue weighted by molar-refractivity contribution is 5.57. The fourth-order valence-corrected chi connectivity index (χ4v) is 1.96. The molecule has 0 atom stereocenters. The lowest BCUT2D eigenvalue weighted by atomic mass is 10.1. The Morgan fingerprint density at radius 2 is 2.00 bits per heavy atom. The molecule has 0 spiro atoms. The molecular weight excluding hydrogens is 271 g/mol. The minimum absolute atomic E-state index is 0.300. The van der Waals surface area contributed by atoms with Gasteiger partial charge in [0.15, 0.2) is 11.6 Å². The number of alkyl halides is 3. The molecule has 2 rings (SSSR count). The molecule has 0 bridgehead atoms. The zero-order valence-corrected chi connectivity index (χ0v) is 10.9. The first-order chi connectivity index (χ1) is 9.47. The van der Waals surface area contributed by atoms with Crippen LogP contribution in [0.5, 0.6) is 0 Å². The van der Waals surface area contributed by atoms with E-state index in [9.17, 15) is 18.3 Å². The van der Waals surface area contributed by atoms with E-state index in [4.69, 9.17) is 0 Å². The second-order valence-corrected chi connectivity index (χ2v) is 4.33. The van der Waals surface area contributed by atoms with Gasteiger partial charge in [-0.05, 0) is 18.6 Å². The molecule has 0 amide bonds. The summed E-state index contributed by atoms with van der Waals surface area (Å²) in [6, 6.07) is 4.93. The van der Waals surface area contributed by atoms with Crippen molar-refractivity contribution < 1.29 is 18.3 Å². The molecule has 0 aliphatic heterocycles. The zero-order chi connectivity index (χ0) is 14.8. The molecule has 0 saturated carbocycles. The van der Waals surface area contributed by atoms with Crippen LogP contribution in [0.3, 0.4) is 0 Å². The molecule has 4 nitrogen and oxygen atoms in total. The van der Waals surface area contributed by atoms with E-state index in [1.54, 1.807) is 10.6 Å². The van der Waals surface area contributed by atoms with Gasteiger partial charge in [0.25, 0.3) is 0 Å². The van der Waals surface area contributed by atoms with Crippen LogP contribution in [0.1, 0.15) is 24.7 Å². The lowest BCUT2D eigenvalue weighted by molar-refractivity contribution is -0.137. The van der Waals surface area contributed by atoms with E-state index in [2.05, 4.69) is 10.2 Å². The molecule has 0 fully saturated rings. The first kappa shape index (κ1) is 14.5. The van der Waals surface area contributed by atoms with Crippen molar-refractivity contribution in [3.05, 3.63) is 35.7 Å². The maximum atomic E-state index is 12.7. The smallest absolute Gasteiger partial charge is 0.388 e. The zero-order valence-electron chi connectivity index (χ0n) is 10.9. The Balaban J connectivity index is 2.49. The number of aromatic nitrogens is 3. The summed E-state index contributed by atoms with van der Waals surface area (Å²) in [6.07, 6.45) is -3.64. The number of hydrogen-bond acceptors (Lipinski definition) is 3. The molecule has 0 radical (unpaired) electrons. The van der Waals surface area contributed by atoms with Crippen LogP contribution in [-0.2, 0) is 19.3 Å². The van der Waals surface area contributed by atoms with Gasteiger partial charge in [-0.1, -0.05) is 19.1 Å². The van der Waals surface area contributed by atoms with E-state index in [-0.39, 0.29) is 6.61 Å². The molecule has 1 heterocycles. The van der Waals surface area contributed by atoms with Crippen molar-refractivity contribution >= 4 is 0 Å². The summed E-state index contributed by atoms with van der Waals surface area (Å²) < 4.78 is 39.8. The molecule has 20 heavy (non-hydrogen) atoms. The Bertz CT molecular complexity index is 593. The number of aliphatic hydroxyl groups is 1. The van der Waals surface area contributed by atoms with Crippen LogP contribution in [0.2, 0.25) is 0 Å². The van der Waals surface area contributed by atoms with E-state index in [0.29, 0.717) is 23.8 Å². The van der Waals surface area contributed by atoms with Gasteiger partial charge in [0, 0.05) is 12.1 Å². The number of halogens is 3. The third-order valence-corrected chi connectivity index (χ3v) is 2.86. The third kappa shape index (κ3) is 2.82. The third-order valence-electron chi connectivity index (χ3n) is 2.86. The van der Waals surface area contributed by atoms with Crippen molar-refractivity contribution in [3.8, 4) is 11.4 Å². The highest BCUT2D eigenvalue weighted by atomic mass is 19.4. The summed E-state index contributed by atoms with van der Waals surface area (Å²) in [5, 5.41) is 16.9. The summed E-state index contributed by atoms with van der Waals surface area (Å²) >= 11 is 0.